The highest BCUT2D eigenvalue weighted by Gasteiger charge is 2.17. The molecule has 0 saturated carbocycles. The van der Waals surface area contributed by atoms with Crippen LogP contribution >= 0.6 is 7.37 Å². The third-order valence-electron chi connectivity index (χ3n) is 4.67. The summed E-state index contributed by atoms with van der Waals surface area (Å²) in [6, 6.07) is 0. The van der Waals surface area contributed by atoms with Crippen LogP contribution in [0.25, 0.3) is 0 Å². The first kappa shape index (κ1) is 25.8. The lowest BCUT2D eigenvalue weighted by Crippen LogP contribution is -2.29. The van der Waals surface area contributed by atoms with E-state index in [4.69, 9.17) is 9.84 Å². The zero-order chi connectivity index (χ0) is 20.0. The summed E-state index contributed by atoms with van der Waals surface area (Å²) in [6.07, 6.45) is 9.54. The van der Waals surface area contributed by atoms with Crippen molar-refractivity contribution in [1.82, 2.24) is 0 Å². The average Bonchev–Trinajstić information content (AvgIpc) is 2.54. The van der Waals surface area contributed by atoms with Crippen molar-refractivity contribution in [2.24, 2.45) is 11.8 Å². The third kappa shape index (κ3) is 13.9. The van der Waals surface area contributed by atoms with Gasteiger partial charge in [0.15, 0.2) is 0 Å². The summed E-state index contributed by atoms with van der Waals surface area (Å²) in [5.41, 5.74) is 0. The molecule has 0 aromatic carbocycles. The maximum absolute atomic E-state index is 12.1. The lowest BCUT2D eigenvalue weighted by atomic mass is 9.93. The highest BCUT2D eigenvalue weighted by Crippen LogP contribution is 2.41. The summed E-state index contributed by atoms with van der Waals surface area (Å²) in [5, 5.41) is 18.8. The minimum atomic E-state index is -3.18. The van der Waals surface area contributed by atoms with Crippen LogP contribution in [0.4, 0.5) is 0 Å². The number of ether oxygens (including phenoxy) is 1. The Morgan fingerprint density at radius 2 is 1.69 bits per heavy atom. The molecule has 0 aromatic heterocycles. The first-order valence-corrected chi connectivity index (χ1v) is 12.0. The molecule has 0 aliphatic carbocycles. The van der Waals surface area contributed by atoms with E-state index >= 15 is 0 Å². The molecule has 0 aromatic rings. The first-order chi connectivity index (χ1) is 12.2. The molecular formula is C20H41O5P. The summed E-state index contributed by atoms with van der Waals surface area (Å²) in [7, 11) is -1.78. The van der Waals surface area contributed by atoms with Crippen LogP contribution in [0, 0.1) is 11.8 Å². The van der Waals surface area contributed by atoms with Gasteiger partial charge in [-0.25, -0.2) is 0 Å². The van der Waals surface area contributed by atoms with Crippen molar-refractivity contribution < 1.29 is 24.4 Å². The van der Waals surface area contributed by atoms with Gasteiger partial charge in [0.25, 0.3) is 0 Å². The van der Waals surface area contributed by atoms with E-state index < -0.39 is 19.6 Å². The topological polar surface area (TPSA) is 87.0 Å². The highest BCUT2D eigenvalue weighted by atomic mass is 31.2. The van der Waals surface area contributed by atoms with Gasteiger partial charge in [0.05, 0.1) is 6.61 Å². The largest absolute Gasteiger partial charge is 0.394 e. The zero-order valence-corrected chi connectivity index (χ0v) is 18.0. The summed E-state index contributed by atoms with van der Waals surface area (Å²) < 4.78 is 17.0. The Morgan fingerprint density at radius 3 is 2.27 bits per heavy atom. The van der Waals surface area contributed by atoms with Gasteiger partial charge in [-0.3, -0.25) is 4.57 Å². The normalized spacial score (nSPS) is 18.2. The van der Waals surface area contributed by atoms with Gasteiger partial charge in [0.2, 0.25) is 7.37 Å². The maximum Gasteiger partial charge on any atom is 0.204 e. The molecule has 156 valence electrons. The number of rotatable bonds is 16. The van der Waals surface area contributed by atoms with Gasteiger partial charge in [-0.1, -0.05) is 65.0 Å². The van der Waals surface area contributed by atoms with Gasteiger partial charge in [0, 0.05) is 19.4 Å². The number of methoxy groups -OCH3 is 1. The van der Waals surface area contributed by atoms with Gasteiger partial charge >= 0.3 is 0 Å². The second-order valence-electron chi connectivity index (χ2n) is 7.92. The zero-order valence-electron chi connectivity index (χ0n) is 17.1. The van der Waals surface area contributed by atoms with Crippen LogP contribution in [-0.2, 0) is 9.30 Å². The van der Waals surface area contributed by atoms with Gasteiger partial charge in [-0.2, -0.15) is 0 Å². The first-order valence-electron chi connectivity index (χ1n) is 10.0. The van der Waals surface area contributed by atoms with E-state index in [1.54, 1.807) is 0 Å². The van der Waals surface area contributed by atoms with E-state index in [0.29, 0.717) is 6.16 Å². The Hall–Kier alpha value is -0.190. The maximum atomic E-state index is 12.1. The fourth-order valence-electron chi connectivity index (χ4n) is 3.21. The van der Waals surface area contributed by atoms with Gasteiger partial charge < -0.3 is 19.8 Å². The minimum Gasteiger partial charge on any atom is -0.394 e. The van der Waals surface area contributed by atoms with Crippen LogP contribution in [0.15, 0.2) is 12.2 Å². The summed E-state index contributed by atoms with van der Waals surface area (Å²) in [6.45, 7) is 6.56. The van der Waals surface area contributed by atoms with Crippen molar-refractivity contribution in [2.75, 3.05) is 26.0 Å². The highest BCUT2D eigenvalue weighted by molar-refractivity contribution is 7.58. The Balaban J connectivity index is 3.82. The molecule has 5 nitrogen and oxygen atoms in total. The van der Waals surface area contributed by atoms with E-state index in [2.05, 4.69) is 20.8 Å². The van der Waals surface area contributed by atoms with Gasteiger partial charge in [-0.05, 0) is 24.7 Å². The molecule has 0 fully saturated rings. The van der Waals surface area contributed by atoms with Crippen molar-refractivity contribution >= 4 is 7.37 Å². The molecule has 0 bridgehead atoms. The fourth-order valence-corrected chi connectivity index (χ4v) is 4.56. The van der Waals surface area contributed by atoms with Crippen LogP contribution in [0.1, 0.15) is 65.7 Å². The Kier molecular flexibility index (Phi) is 14.7. The molecule has 0 heterocycles. The van der Waals surface area contributed by atoms with E-state index in [-0.39, 0.29) is 12.8 Å². The summed E-state index contributed by atoms with van der Waals surface area (Å²) in [4.78, 5) is 9.98. The SMILES string of the molecule is COC(CO)C(O)/C=C/CP(=O)(O)CCCCCCCC(C)CC(C)C. The molecule has 26 heavy (non-hydrogen) atoms. The lowest BCUT2D eigenvalue weighted by molar-refractivity contribution is -0.0210. The molecule has 0 spiro atoms. The van der Waals surface area contributed by atoms with Crippen LogP contribution in [-0.4, -0.2) is 53.4 Å². The second kappa shape index (κ2) is 14.8. The van der Waals surface area contributed by atoms with Crippen molar-refractivity contribution in [2.45, 2.75) is 77.9 Å². The smallest absolute Gasteiger partial charge is 0.204 e. The third-order valence-corrected chi connectivity index (χ3v) is 6.46. The molecule has 4 unspecified atom stereocenters. The van der Waals surface area contributed by atoms with E-state index in [1.807, 2.05) is 0 Å². The van der Waals surface area contributed by atoms with Crippen molar-refractivity contribution in [3.63, 3.8) is 0 Å². The quantitative estimate of drug-likeness (QED) is 0.208. The Labute approximate surface area is 160 Å². The fraction of sp³-hybridized carbons (Fsp3) is 0.900. The predicted molar refractivity (Wildman–Crippen MR) is 109 cm³/mol. The molecule has 3 N–H and O–H groups in total. The molecule has 6 heteroatoms. The van der Waals surface area contributed by atoms with E-state index in [0.717, 1.165) is 31.1 Å². The van der Waals surface area contributed by atoms with Crippen LogP contribution < -0.4 is 0 Å². The Morgan fingerprint density at radius 1 is 1.08 bits per heavy atom. The van der Waals surface area contributed by atoms with Gasteiger partial charge in [-0.15, -0.1) is 0 Å². The number of aliphatic hydroxyl groups excluding tert-OH is 2. The number of hydrogen-bond acceptors (Lipinski definition) is 4. The van der Waals surface area contributed by atoms with Crippen LogP contribution in [0.2, 0.25) is 0 Å². The monoisotopic (exact) mass is 392 g/mol. The van der Waals surface area contributed by atoms with Gasteiger partial charge in [0.1, 0.15) is 12.2 Å². The van der Waals surface area contributed by atoms with Crippen molar-refractivity contribution in [3.05, 3.63) is 12.2 Å². The molecule has 0 rings (SSSR count). The van der Waals surface area contributed by atoms with Crippen molar-refractivity contribution in [1.29, 1.82) is 0 Å². The molecule has 0 amide bonds. The average molecular weight is 393 g/mol. The molecular weight excluding hydrogens is 351 g/mol. The number of aliphatic hydroxyl groups is 2. The molecule has 0 saturated heterocycles. The number of allylic oxidation sites excluding steroid dienone is 1. The lowest BCUT2D eigenvalue weighted by Gasteiger charge is -2.16. The Bertz CT molecular complexity index is 407. The van der Waals surface area contributed by atoms with Crippen molar-refractivity contribution in [3.8, 4) is 0 Å². The number of unbranched alkanes of at least 4 members (excludes halogenated alkanes) is 4. The predicted octanol–water partition coefficient (Wildman–Crippen LogP) is 4.20. The van der Waals surface area contributed by atoms with Crippen LogP contribution in [0.5, 0.6) is 0 Å². The molecule has 0 aliphatic heterocycles. The molecule has 0 aliphatic rings. The summed E-state index contributed by atoms with van der Waals surface area (Å²) in [5.74, 6) is 1.56. The standard InChI is InChI=1S/C20H41O5P/c1-17(2)15-18(3)11-8-6-5-7-9-13-26(23,24)14-10-12-19(22)20(16-21)25-4/h10,12,17-22H,5-9,11,13-16H2,1-4H3,(H,23,24)/b12-10+. The minimum absolute atomic E-state index is 0.0542. The number of hydrogen-bond donors (Lipinski definition) is 3. The second-order valence-corrected chi connectivity index (χ2v) is 10.4. The van der Waals surface area contributed by atoms with E-state index in [9.17, 15) is 14.6 Å². The molecule has 4 atom stereocenters. The summed E-state index contributed by atoms with van der Waals surface area (Å²) >= 11 is 0. The van der Waals surface area contributed by atoms with Crippen LogP contribution in [0.3, 0.4) is 0 Å². The van der Waals surface area contributed by atoms with E-state index in [1.165, 1.54) is 44.9 Å². The molecule has 0 radical (unpaired) electrons.